The highest BCUT2D eigenvalue weighted by Crippen LogP contribution is 2.37. The maximum Gasteiger partial charge on any atom is 0.258 e. The molecule has 0 bridgehead atoms. The number of carbonyl (C=O) groups is 2. The molecule has 0 unspecified atom stereocenters. The van der Waals surface area contributed by atoms with Crippen molar-refractivity contribution in [3.8, 4) is 11.3 Å². The summed E-state index contributed by atoms with van der Waals surface area (Å²) in [4.78, 5) is 31.5. The van der Waals surface area contributed by atoms with Gasteiger partial charge in [-0.2, -0.15) is 0 Å². The average Bonchev–Trinajstić information content (AvgIpc) is 3.54. The number of nitrogens with one attached hydrogen (secondary N) is 4. The van der Waals surface area contributed by atoms with Gasteiger partial charge in [0.15, 0.2) is 0 Å². The van der Waals surface area contributed by atoms with E-state index in [4.69, 9.17) is 0 Å². The fourth-order valence-corrected chi connectivity index (χ4v) is 4.33. The molecule has 180 valence electrons. The van der Waals surface area contributed by atoms with Gasteiger partial charge in [-0.05, 0) is 42.2 Å². The lowest BCUT2D eigenvalue weighted by atomic mass is 9.98. The van der Waals surface area contributed by atoms with Crippen LogP contribution in [0, 0.1) is 0 Å². The van der Waals surface area contributed by atoms with E-state index in [-0.39, 0.29) is 11.8 Å². The molecule has 4 N–H and O–H groups in total. The highest BCUT2D eigenvalue weighted by Gasteiger charge is 2.28. The lowest BCUT2D eigenvalue weighted by Crippen LogP contribution is -2.21. The van der Waals surface area contributed by atoms with Gasteiger partial charge in [0.2, 0.25) is 5.91 Å². The van der Waals surface area contributed by atoms with E-state index in [0.717, 1.165) is 52.3 Å². The smallest absolute Gasteiger partial charge is 0.258 e. The van der Waals surface area contributed by atoms with Gasteiger partial charge in [0.05, 0.1) is 23.3 Å². The Morgan fingerprint density at radius 3 is 2.47 bits per heavy atom. The number of amides is 2. The first-order valence-electron chi connectivity index (χ1n) is 11.9. The monoisotopic (exact) mass is 477 g/mol. The Morgan fingerprint density at radius 2 is 1.75 bits per heavy atom. The van der Waals surface area contributed by atoms with E-state index in [1.54, 1.807) is 6.33 Å². The van der Waals surface area contributed by atoms with Crippen LogP contribution in [0.15, 0.2) is 85.3 Å². The molecule has 0 aliphatic carbocycles. The van der Waals surface area contributed by atoms with Crippen molar-refractivity contribution in [2.24, 2.45) is 0 Å². The molecule has 1 aliphatic rings. The van der Waals surface area contributed by atoms with Gasteiger partial charge in [0, 0.05) is 42.2 Å². The Kier molecular flexibility index (Phi) is 6.62. The highest BCUT2D eigenvalue weighted by atomic mass is 16.2. The lowest BCUT2D eigenvalue weighted by molar-refractivity contribution is -0.119. The van der Waals surface area contributed by atoms with Gasteiger partial charge in [-0.1, -0.05) is 54.6 Å². The van der Waals surface area contributed by atoms with Crippen LogP contribution >= 0.6 is 0 Å². The van der Waals surface area contributed by atoms with Crippen molar-refractivity contribution >= 4 is 34.5 Å². The predicted octanol–water partition coefficient (Wildman–Crippen LogP) is 5.08. The number of aromatic amines is 1. The van der Waals surface area contributed by atoms with Crippen LogP contribution in [0.5, 0.6) is 0 Å². The number of rotatable bonds is 8. The molecule has 0 fully saturated rings. The van der Waals surface area contributed by atoms with Crippen molar-refractivity contribution in [1.82, 2.24) is 15.3 Å². The molecule has 1 aromatic heterocycles. The minimum Gasteiger partial charge on any atom is -0.356 e. The third kappa shape index (κ3) is 5.05. The first-order chi connectivity index (χ1) is 17.6. The summed E-state index contributed by atoms with van der Waals surface area (Å²) in [6, 6.07) is 23.9. The van der Waals surface area contributed by atoms with E-state index in [2.05, 4.69) is 38.1 Å². The van der Waals surface area contributed by atoms with Crippen molar-refractivity contribution in [1.29, 1.82) is 0 Å². The normalized spacial score (nSPS) is 13.6. The van der Waals surface area contributed by atoms with Crippen LogP contribution in [0.1, 0.15) is 30.0 Å². The number of fused-ring (bicyclic) bond motifs is 1. The van der Waals surface area contributed by atoms with Gasteiger partial charge in [0.1, 0.15) is 0 Å². The molecule has 4 aromatic rings. The quantitative estimate of drug-likeness (QED) is 0.210. The Hall–Kier alpha value is -4.65. The van der Waals surface area contributed by atoms with Crippen molar-refractivity contribution in [2.75, 3.05) is 17.2 Å². The summed E-state index contributed by atoms with van der Waals surface area (Å²) in [5.74, 6) is -0.147. The van der Waals surface area contributed by atoms with Crippen molar-refractivity contribution in [3.05, 3.63) is 102 Å². The van der Waals surface area contributed by atoms with Crippen LogP contribution < -0.4 is 16.0 Å². The Morgan fingerprint density at radius 1 is 0.972 bits per heavy atom. The maximum atomic E-state index is 13.1. The number of nitrogens with zero attached hydrogens (tertiary/aromatic N) is 1. The predicted molar refractivity (Wildman–Crippen MR) is 143 cm³/mol. The molecule has 0 saturated carbocycles. The first kappa shape index (κ1) is 23.1. The summed E-state index contributed by atoms with van der Waals surface area (Å²) in [6.45, 7) is 2.18. The number of aryl methyl sites for hydroxylation is 1. The number of hydrogen-bond acceptors (Lipinski definition) is 4. The average molecular weight is 478 g/mol. The van der Waals surface area contributed by atoms with E-state index in [0.29, 0.717) is 12.1 Å². The van der Waals surface area contributed by atoms with Crippen LogP contribution in [-0.4, -0.2) is 28.3 Å². The number of carbonyl (C=O) groups excluding carboxylic acids is 2. The molecule has 3 aromatic carbocycles. The summed E-state index contributed by atoms with van der Waals surface area (Å²) >= 11 is 0. The van der Waals surface area contributed by atoms with Gasteiger partial charge < -0.3 is 20.9 Å². The number of imidazole rings is 1. The molecule has 36 heavy (non-hydrogen) atoms. The molecule has 1 aliphatic heterocycles. The van der Waals surface area contributed by atoms with E-state index >= 15 is 0 Å². The molecular weight excluding hydrogens is 450 g/mol. The molecule has 0 atom stereocenters. The van der Waals surface area contributed by atoms with Gasteiger partial charge in [-0.3, -0.25) is 9.59 Å². The van der Waals surface area contributed by atoms with Crippen LogP contribution in [0.4, 0.5) is 11.4 Å². The topological polar surface area (TPSA) is 98.9 Å². The highest BCUT2D eigenvalue weighted by molar-refractivity contribution is 6.37. The molecule has 2 heterocycles. The van der Waals surface area contributed by atoms with Crippen LogP contribution in [0.3, 0.4) is 0 Å². The zero-order chi connectivity index (χ0) is 24.9. The molecule has 7 heteroatoms. The Bertz CT molecular complexity index is 1410. The molecule has 2 amide bonds. The molecule has 0 radical (unpaired) electrons. The summed E-state index contributed by atoms with van der Waals surface area (Å²) in [5, 5.41) is 9.32. The molecule has 5 rings (SSSR count). The number of aromatic nitrogens is 2. The molecule has 0 saturated heterocycles. The van der Waals surface area contributed by atoms with Gasteiger partial charge >= 0.3 is 0 Å². The van der Waals surface area contributed by atoms with Gasteiger partial charge in [-0.15, -0.1) is 0 Å². The van der Waals surface area contributed by atoms with Crippen LogP contribution in [-0.2, 0) is 16.0 Å². The fraction of sp³-hybridized carbons (Fsp3) is 0.138. The number of H-pyrrole nitrogens is 1. The summed E-state index contributed by atoms with van der Waals surface area (Å²) < 4.78 is 0. The third-order valence-corrected chi connectivity index (χ3v) is 6.13. The van der Waals surface area contributed by atoms with E-state index < -0.39 is 0 Å². The number of hydrogen-bond donors (Lipinski definition) is 4. The molecular formula is C29H27N5O2. The van der Waals surface area contributed by atoms with Gasteiger partial charge in [-0.25, -0.2) is 4.98 Å². The van der Waals surface area contributed by atoms with Crippen molar-refractivity contribution in [2.45, 2.75) is 19.8 Å². The van der Waals surface area contributed by atoms with Crippen LogP contribution in [0.25, 0.3) is 22.5 Å². The lowest BCUT2D eigenvalue weighted by Gasteiger charge is -2.16. The first-order valence-corrected chi connectivity index (χ1v) is 11.9. The zero-order valence-corrected chi connectivity index (χ0v) is 20.0. The largest absolute Gasteiger partial charge is 0.356 e. The second-order valence-corrected chi connectivity index (χ2v) is 8.69. The van der Waals surface area contributed by atoms with E-state index in [1.807, 2.05) is 66.9 Å². The second kappa shape index (κ2) is 10.3. The zero-order valence-electron chi connectivity index (χ0n) is 20.0. The maximum absolute atomic E-state index is 13.1. The molecule has 7 nitrogen and oxygen atoms in total. The third-order valence-electron chi connectivity index (χ3n) is 6.13. The standard InChI is InChI=1S/C29H27N5O2/c1-19(35)31-16-4-5-20-8-10-22(11-9-20)28(27-24-6-2-3-7-25(24)34-29(27)36)33-23-14-12-21(13-15-23)26-17-30-18-32-26/h2-3,6-15,17-18,33H,4-5,16H2,1H3,(H,30,32)(H,31,35)(H,34,36). The van der Waals surface area contributed by atoms with Crippen molar-refractivity contribution < 1.29 is 9.59 Å². The fourth-order valence-electron chi connectivity index (χ4n) is 4.33. The van der Waals surface area contributed by atoms with Crippen LogP contribution in [0.2, 0.25) is 0 Å². The number of benzene rings is 3. The minimum absolute atomic E-state index is 0.0137. The Labute approximate surface area is 209 Å². The van der Waals surface area contributed by atoms with Gasteiger partial charge in [0.25, 0.3) is 5.91 Å². The van der Waals surface area contributed by atoms with E-state index in [9.17, 15) is 9.59 Å². The summed E-state index contributed by atoms with van der Waals surface area (Å²) in [7, 11) is 0. The van der Waals surface area contributed by atoms with Crippen molar-refractivity contribution in [3.63, 3.8) is 0 Å². The van der Waals surface area contributed by atoms with E-state index in [1.165, 1.54) is 12.5 Å². The number of anilines is 2. The summed E-state index contributed by atoms with van der Waals surface area (Å²) in [5.41, 5.74) is 7.87. The molecule has 0 spiro atoms. The minimum atomic E-state index is -0.133. The summed E-state index contributed by atoms with van der Waals surface area (Å²) in [6.07, 6.45) is 5.23. The SMILES string of the molecule is CC(=O)NCCCc1ccc(C(Nc2ccc(-c3c[nH]cn3)cc2)=C2C(=O)Nc3ccccc32)cc1. The number of para-hydroxylation sites is 1. The second-order valence-electron chi connectivity index (χ2n) is 8.69. The Balaban J connectivity index is 1.46.